The van der Waals surface area contributed by atoms with Gasteiger partial charge in [0.05, 0.1) is 0 Å². The third kappa shape index (κ3) is 42.5. The first-order chi connectivity index (χ1) is 28.2. The lowest BCUT2D eigenvalue weighted by Gasteiger charge is -2.18. The van der Waals surface area contributed by atoms with Gasteiger partial charge in [-0.05, 0) is 37.0 Å². The van der Waals surface area contributed by atoms with Crippen LogP contribution in [0.1, 0.15) is 279 Å². The van der Waals surface area contributed by atoms with Crippen molar-refractivity contribution in [2.75, 3.05) is 13.2 Å². The largest absolute Gasteiger partial charge is 0.462 e. The van der Waals surface area contributed by atoms with Gasteiger partial charge in [0.25, 0.3) is 0 Å². The average molecular weight is 821 g/mol. The Morgan fingerprint density at radius 1 is 0.345 bits per heavy atom. The van der Waals surface area contributed by atoms with Gasteiger partial charge in [0.2, 0.25) is 0 Å². The van der Waals surface area contributed by atoms with E-state index in [-0.39, 0.29) is 31.1 Å². The lowest BCUT2D eigenvalue weighted by Crippen LogP contribution is -2.30. The summed E-state index contributed by atoms with van der Waals surface area (Å²) in [5, 5.41) is 0. The molecule has 0 aliphatic rings. The molecule has 0 heterocycles. The first kappa shape index (κ1) is 56.4. The second kappa shape index (κ2) is 43.5. The molecule has 0 bridgehead atoms. The summed E-state index contributed by atoms with van der Waals surface area (Å²) >= 11 is 0. The van der Waals surface area contributed by atoms with Gasteiger partial charge in [-0.2, -0.15) is 0 Å². The zero-order valence-corrected chi connectivity index (χ0v) is 39.8. The summed E-state index contributed by atoms with van der Waals surface area (Å²) in [5.74, 6) is 1.65. The summed E-state index contributed by atoms with van der Waals surface area (Å²) in [6.07, 6.45) is 42.3. The SMILES string of the molecule is CCC(C)CCCCCCCCCCC(=O)O[C@@H](COC(=O)CCCCCCCCCCCCCCCCCC(C)C)COC(=O)CCCCCCCCC(C)CC. The van der Waals surface area contributed by atoms with E-state index in [1.165, 1.54) is 161 Å². The number of hydrogen-bond donors (Lipinski definition) is 0. The van der Waals surface area contributed by atoms with Gasteiger partial charge in [-0.3, -0.25) is 14.4 Å². The molecule has 0 aromatic rings. The number of carbonyl (C=O) groups excluding carboxylic acids is 3. The van der Waals surface area contributed by atoms with Gasteiger partial charge in [-0.25, -0.2) is 0 Å². The van der Waals surface area contributed by atoms with E-state index in [1.807, 2.05) is 0 Å². The second-order valence-electron chi connectivity index (χ2n) is 18.8. The van der Waals surface area contributed by atoms with Crippen LogP contribution in [0.5, 0.6) is 0 Å². The molecule has 6 heteroatoms. The van der Waals surface area contributed by atoms with Crippen molar-refractivity contribution in [3.05, 3.63) is 0 Å². The van der Waals surface area contributed by atoms with E-state index in [0.717, 1.165) is 75.5 Å². The van der Waals surface area contributed by atoms with Gasteiger partial charge >= 0.3 is 17.9 Å². The molecule has 0 rings (SSSR count). The number of carbonyl (C=O) groups is 3. The molecule has 0 amide bonds. The predicted octanol–water partition coefficient (Wildman–Crippen LogP) is 16.4. The summed E-state index contributed by atoms with van der Waals surface area (Å²) in [7, 11) is 0. The van der Waals surface area contributed by atoms with E-state index in [2.05, 4.69) is 41.5 Å². The first-order valence-electron chi connectivity index (χ1n) is 25.7. The third-order valence-corrected chi connectivity index (χ3v) is 12.4. The molecular formula is C52H100O6. The molecule has 3 atom stereocenters. The summed E-state index contributed by atoms with van der Waals surface area (Å²) in [6, 6.07) is 0. The lowest BCUT2D eigenvalue weighted by atomic mass is 9.99. The maximum atomic E-state index is 12.8. The standard InChI is InChI=1S/C52H100O6/c1-7-47(5)39-33-27-21-18-19-23-31-37-43-52(55)58-49(45-57-51(54)42-36-30-25-24-28-34-40-48(6)8-2)44-56-50(53)41-35-29-22-17-15-13-11-9-10-12-14-16-20-26-32-38-46(3)4/h46-49H,7-45H2,1-6H3/t47?,48?,49-/m0/s1. The average Bonchev–Trinajstić information content (AvgIpc) is 3.21. The number of ether oxygens (including phenoxy) is 3. The minimum atomic E-state index is -0.763. The Labute approximate surface area is 361 Å². The normalized spacial score (nSPS) is 13.1. The number of hydrogen-bond acceptors (Lipinski definition) is 6. The molecule has 0 aromatic heterocycles. The van der Waals surface area contributed by atoms with Crippen LogP contribution in [0.15, 0.2) is 0 Å². The van der Waals surface area contributed by atoms with Gasteiger partial charge in [0, 0.05) is 19.3 Å². The van der Waals surface area contributed by atoms with Crippen LogP contribution < -0.4 is 0 Å². The lowest BCUT2D eigenvalue weighted by molar-refractivity contribution is -0.167. The highest BCUT2D eigenvalue weighted by Crippen LogP contribution is 2.18. The van der Waals surface area contributed by atoms with Crippen molar-refractivity contribution in [1.82, 2.24) is 0 Å². The predicted molar refractivity (Wildman–Crippen MR) is 247 cm³/mol. The monoisotopic (exact) mass is 821 g/mol. The van der Waals surface area contributed by atoms with Crippen molar-refractivity contribution in [2.24, 2.45) is 17.8 Å². The molecule has 0 radical (unpaired) electrons. The van der Waals surface area contributed by atoms with E-state index >= 15 is 0 Å². The minimum absolute atomic E-state index is 0.0656. The third-order valence-electron chi connectivity index (χ3n) is 12.4. The molecule has 0 saturated heterocycles. The van der Waals surface area contributed by atoms with E-state index in [1.54, 1.807) is 0 Å². The molecule has 0 aliphatic carbocycles. The molecule has 0 aromatic carbocycles. The van der Waals surface area contributed by atoms with Gasteiger partial charge in [0.15, 0.2) is 6.10 Å². The van der Waals surface area contributed by atoms with Crippen LogP contribution in [0.4, 0.5) is 0 Å². The fourth-order valence-electron chi connectivity index (χ4n) is 7.70. The van der Waals surface area contributed by atoms with Crippen LogP contribution in [-0.2, 0) is 28.6 Å². The Kier molecular flexibility index (Phi) is 42.3. The summed E-state index contributed by atoms with van der Waals surface area (Å²) in [4.78, 5) is 37.9. The fraction of sp³-hybridized carbons (Fsp3) is 0.942. The maximum absolute atomic E-state index is 12.8. The highest BCUT2D eigenvalue weighted by atomic mass is 16.6. The number of esters is 3. The van der Waals surface area contributed by atoms with Gasteiger partial charge in [-0.1, -0.05) is 241 Å². The van der Waals surface area contributed by atoms with Crippen LogP contribution in [0.25, 0.3) is 0 Å². The van der Waals surface area contributed by atoms with Crippen molar-refractivity contribution in [1.29, 1.82) is 0 Å². The van der Waals surface area contributed by atoms with Crippen molar-refractivity contribution in [2.45, 2.75) is 285 Å². The number of unbranched alkanes of at least 4 members (excludes halogenated alkanes) is 26. The smallest absolute Gasteiger partial charge is 0.306 e. The van der Waals surface area contributed by atoms with E-state index in [9.17, 15) is 14.4 Å². The molecule has 58 heavy (non-hydrogen) atoms. The van der Waals surface area contributed by atoms with Gasteiger partial charge in [-0.15, -0.1) is 0 Å². The quantitative estimate of drug-likeness (QED) is 0.0346. The van der Waals surface area contributed by atoms with E-state index < -0.39 is 6.10 Å². The minimum Gasteiger partial charge on any atom is -0.462 e. The Morgan fingerprint density at radius 2 is 0.603 bits per heavy atom. The first-order valence-corrected chi connectivity index (χ1v) is 25.7. The van der Waals surface area contributed by atoms with E-state index in [4.69, 9.17) is 14.2 Å². The molecule has 2 unspecified atom stereocenters. The van der Waals surface area contributed by atoms with Gasteiger partial charge < -0.3 is 14.2 Å². The summed E-state index contributed by atoms with van der Waals surface area (Å²) in [6.45, 7) is 13.7. The van der Waals surface area contributed by atoms with Crippen LogP contribution >= 0.6 is 0 Å². The Morgan fingerprint density at radius 3 is 0.897 bits per heavy atom. The molecule has 0 fully saturated rings. The highest BCUT2D eigenvalue weighted by molar-refractivity contribution is 5.71. The molecule has 0 spiro atoms. The summed E-state index contributed by atoms with van der Waals surface area (Å²) < 4.78 is 16.8. The van der Waals surface area contributed by atoms with Crippen molar-refractivity contribution < 1.29 is 28.6 Å². The molecule has 6 nitrogen and oxygen atoms in total. The number of rotatable bonds is 45. The van der Waals surface area contributed by atoms with Crippen molar-refractivity contribution in [3.63, 3.8) is 0 Å². The highest BCUT2D eigenvalue weighted by Gasteiger charge is 2.19. The van der Waals surface area contributed by atoms with Crippen LogP contribution in [0.2, 0.25) is 0 Å². The van der Waals surface area contributed by atoms with Crippen molar-refractivity contribution in [3.8, 4) is 0 Å². The van der Waals surface area contributed by atoms with Gasteiger partial charge in [0.1, 0.15) is 13.2 Å². The van der Waals surface area contributed by atoms with Crippen LogP contribution in [0, 0.1) is 17.8 Å². The Balaban J connectivity index is 4.27. The van der Waals surface area contributed by atoms with E-state index in [0.29, 0.717) is 19.3 Å². The van der Waals surface area contributed by atoms with Crippen molar-refractivity contribution >= 4 is 17.9 Å². The maximum Gasteiger partial charge on any atom is 0.306 e. The Bertz CT molecular complexity index is 902. The zero-order chi connectivity index (χ0) is 42.7. The molecule has 344 valence electrons. The molecule has 0 N–H and O–H groups in total. The Hall–Kier alpha value is -1.59. The topological polar surface area (TPSA) is 78.9 Å². The molecule has 0 saturated carbocycles. The second-order valence-corrected chi connectivity index (χ2v) is 18.8. The van der Waals surface area contributed by atoms with Crippen LogP contribution in [-0.4, -0.2) is 37.2 Å². The molecule has 0 aliphatic heterocycles. The summed E-state index contributed by atoms with van der Waals surface area (Å²) in [5.41, 5.74) is 0. The fourth-order valence-corrected chi connectivity index (χ4v) is 7.70. The van der Waals surface area contributed by atoms with Crippen LogP contribution in [0.3, 0.4) is 0 Å². The molecular weight excluding hydrogens is 721 g/mol. The zero-order valence-electron chi connectivity index (χ0n) is 39.8.